The number of methoxy groups -OCH3 is 1. The minimum absolute atomic E-state index is 0.120. The Morgan fingerprint density at radius 3 is 3.06 bits per heavy atom. The fourth-order valence-corrected chi connectivity index (χ4v) is 1.89. The van der Waals surface area contributed by atoms with Gasteiger partial charge in [0.25, 0.3) is 0 Å². The molecule has 4 nitrogen and oxygen atoms in total. The number of nitrogens with zero attached hydrogens (tertiary/aromatic N) is 1. The Morgan fingerprint density at radius 1 is 1.69 bits per heavy atom. The van der Waals surface area contributed by atoms with E-state index in [0.717, 1.165) is 0 Å². The van der Waals surface area contributed by atoms with Crippen molar-refractivity contribution in [2.24, 2.45) is 0 Å². The Labute approximate surface area is 95.4 Å². The highest BCUT2D eigenvalue weighted by atomic mass is 19.1. The van der Waals surface area contributed by atoms with E-state index < -0.39 is 6.17 Å². The summed E-state index contributed by atoms with van der Waals surface area (Å²) in [5.41, 5.74) is 0. The number of likely N-dealkylation sites (tertiary alicyclic amines) is 1. The SMILES string of the molecule is CNC(=O)/C=C/CN1CC(F)CC1COC. The normalized spacial score (nSPS) is 26.4. The molecule has 0 radical (unpaired) electrons. The van der Waals surface area contributed by atoms with Crippen LogP contribution in [-0.4, -0.2) is 56.9 Å². The number of carbonyl (C=O) groups excluding carboxylic acids is 1. The van der Waals surface area contributed by atoms with Gasteiger partial charge in [-0.2, -0.15) is 0 Å². The number of hydrogen-bond acceptors (Lipinski definition) is 3. The number of likely N-dealkylation sites (N-methyl/N-ethyl adjacent to an activating group) is 1. The maximum absolute atomic E-state index is 13.2. The lowest BCUT2D eigenvalue weighted by molar-refractivity contribution is -0.116. The molecule has 2 unspecified atom stereocenters. The number of alkyl halides is 1. The lowest BCUT2D eigenvalue weighted by atomic mass is 10.2. The maximum Gasteiger partial charge on any atom is 0.243 e. The lowest BCUT2D eigenvalue weighted by Crippen LogP contribution is -2.33. The predicted molar refractivity (Wildman–Crippen MR) is 60.0 cm³/mol. The van der Waals surface area contributed by atoms with E-state index in [1.807, 2.05) is 4.90 Å². The summed E-state index contributed by atoms with van der Waals surface area (Å²) in [6.07, 6.45) is 2.95. The predicted octanol–water partition coefficient (Wildman–Crippen LogP) is 0.347. The topological polar surface area (TPSA) is 41.6 Å². The van der Waals surface area contributed by atoms with Crippen LogP contribution in [-0.2, 0) is 9.53 Å². The molecule has 92 valence electrons. The van der Waals surface area contributed by atoms with Crippen molar-refractivity contribution in [3.63, 3.8) is 0 Å². The molecule has 0 saturated carbocycles. The molecular formula is C11H19FN2O2. The maximum atomic E-state index is 13.2. The van der Waals surface area contributed by atoms with Gasteiger partial charge in [-0.3, -0.25) is 9.69 Å². The van der Waals surface area contributed by atoms with Crippen LogP contribution < -0.4 is 5.32 Å². The Kier molecular flexibility index (Phi) is 5.42. The van der Waals surface area contributed by atoms with Crippen molar-refractivity contribution in [1.29, 1.82) is 0 Å². The molecule has 1 saturated heterocycles. The molecule has 0 aliphatic carbocycles. The second-order valence-electron chi connectivity index (χ2n) is 3.91. The Morgan fingerprint density at radius 2 is 2.44 bits per heavy atom. The van der Waals surface area contributed by atoms with Gasteiger partial charge < -0.3 is 10.1 Å². The molecule has 1 aliphatic rings. The Bertz CT molecular complexity index is 258. The third kappa shape index (κ3) is 3.90. The van der Waals surface area contributed by atoms with Crippen LogP contribution in [0.3, 0.4) is 0 Å². The molecule has 2 atom stereocenters. The molecule has 0 aromatic heterocycles. The number of halogens is 1. The summed E-state index contributed by atoms with van der Waals surface area (Å²) in [6, 6.07) is 0.120. The van der Waals surface area contributed by atoms with Crippen LogP contribution in [0.4, 0.5) is 4.39 Å². The van der Waals surface area contributed by atoms with E-state index in [1.165, 1.54) is 6.08 Å². The van der Waals surface area contributed by atoms with Gasteiger partial charge in [0.1, 0.15) is 6.17 Å². The van der Waals surface area contributed by atoms with Gasteiger partial charge in [-0.15, -0.1) is 0 Å². The van der Waals surface area contributed by atoms with Crippen molar-refractivity contribution in [1.82, 2.24) is 10.2 Å². The van der Waals surface area contributed by atoms with Crippen molar-refractivity contribution in [3.8, 4) is 0 Å². The number of carbonyl (C=O) groups is 1. The lowest BCUT2D eigenvalue weighted by Gasteiger charge is -2.21. The minimum atomic E-state index is -0.784. The zero-order valence-corrected chi connectivity index (χ0v) is 9.78. The van der Waals surface area contributed by atoms with Gasteiger partial charge >= 0.3 is 0 Å². The molecule has 5 heteroatoms. The summed E-state index contributed by atoms with van der Waals surface area (Å²) < 4.78 is 18.2. The van der Waals surface area contributed by atoms with Crippen LogP contribution in [0.25, 0.3) is 0 Å². The van der Waals surface area contributed by atoms with Crippen LogP contribution in [0.15, 0.2) is 12.2 Å². The summed E-state index contributed by atoms with van der Waals surface area (Å²) >= 11 is 0. The second-order valence-corrected chi connectivity index (χ2v) is 3.91. The van der Waals surface area contributed by atoms with E-state index in [2.05, 4.69) is 5.32 Å². The van der Waals surface area contributed by atoms with Crippen molar-refractivity contribution in [2.45, 2.75) is 18.6 Å². The standard InChI is InChI=1S/C11H19FN2O2/c1-13-11(15)4-3-5-14-7-9(12)6-10(14)8-16-2/h3-4,9-10H,5-8H2,1-2H3,(H,13,15)/b4-3+. The van der Waals surface area contributed by atoms with Crippen LogP contribution in [0.2, 0.25) is 0 Å². The van der Waals surface area contributed by atoms with Crippen LogP contribution >= 0.6 is 0 Å². The van der Waals surface area contributed by atoms with Gasteiger partial charge in [0.05, 0.1) is 6.61 Å². The molecule has 1 rings (SSSR count). The fraction of sp³-hybridized carbons (Fsp3) is 0.727. The van der Waals surface area contributed by atoms with E-state index in [9.17, 15) is 9.18 Å². The molecule has 0 aromatic carbocycles. The number of rotatable bonds is 5. The smallest absolute Gasteiger partial charge is 0.243 e. The van der Waals surface area contributed by atoms with Gasteiger partial charge in [0.2, 0.25) is 5.91 Å². The van der Waals surface area contributed by atoms with E-state index in [0.29, 0.717) is 26.1 Å². The molecule has 0 bridgehead atoms. The molecule has 0 spiro atoms. The summed E-state index contributed by atoms with van der Waals surface area (Å²) in [6.45, 7) is 1.54. The third-order valence-corrected chi connectivity index (χ3v) is 2.69. The van der Waals surface area contributed by atoms with E-state index in [4.69, 9.17) is 4.74 Å². The van der Waals surface area contributed by atoms with Gasteiger partial charge in [0, 0.05) is 39.4 Å². The first-order valence-corrected chi connectivity index (χ1v) is 5.42. The molecule has 1 amide bonds. The van der Waals surface area contributed by atoms with Crippen LogP contribution in [0.1, 0.15) is 6.42 Å². The van der Waals surface area contributed by atoms with E-state index in [1.54, 1.807) is 20.2 Å². The molecule has 1 aliphatic heterocycles. The summed E-state index contributed by atoms with van der Waals surface area (Å²) in [7, 11) is 3.19. The van der Waals surface area contributed by atoms with E-state index >= 15 is 0 Å². The molecule has 16 heavy (non-hydrogen) atoms. The van der Waals surface area contributed by atoms with Crippen LogP contribution in [0.5, 0.6) is 0 Å². The summed E-state index contributed by atoms with van der Waals surface area (Å²) in [5, 5.41) is 2.49. The zero-order valence-electron chi connectivity index (χ0n) is 9.78. The third-order valence-electron chi connectivity index (χ3n) is 2.69. The Balaban J connectivity index is 2.39. The highest BCUT2D eigenvalue weighted by molar-refractivity contribution is 5.87. The molecule has 1 fully saturated rings. The average molecular weight is 230 g/mol. The monoisotopic (exact) mass is 230 g/mol. The molecule has 1 N–H and O–H groups in total. The molecular weight excluding hydrogens is 211 g/mol. The summed E-state index contributed by atoms with van der Waals surface area (Å²) in [5.74, 6) is -0.140. The van der Waals surface area contributed by atoms with Gasteiger partial charge in [-0.25, -0.2) is 4.39 Å². The van der Waals surface area contributed by atoms with Gasteiger partial charge in [-0.1, -0.05) is 6.08 Å². The molecule has 1 heterocycles. The minimum Gasteiger partial charge on any atom is -0.383 e. The highest BCUT2D eigenvalue weighted by Crippen LogP contribution is 2.20. The van der Waals surface area contributed by atoms with Gasteiger partial charge in [0.15, 0.2) is 0 Å². The average Bonchev–Trinajstić information content (AvgIpc) is 2.59. The first-order chi connectivity index (χ1) is 7.67. The number of ether oxygens (including phenoxy) is 1. The molecule has 0 aromatic rings. The summed E-state index contributed by atoms with van der Waals surface area (Å²) in [4.78, 5) is 12.9. The zero-order chi connectivity index (χ0) is 12.0. The highest BCUT2D eigenvalue weighted by Gasteiger charge is 2.30. The van der Waals surface area contributed by atoms with Crippen LogP contribution in [0, 0.1) is 0 Å². The fourth-order valence-electron chi connectivity index (χ4n) is 1.89. The van der Waals surface area contributed by atoms with Crippen molar-refractivity contribution < 1.29 is 13.9 Å². The quantitative estimate of drug-likeness (QED) is 0.693. The first kappa shape index (κ1) is 13.1. The van der Waals surface area contributed by atoms with Crippen molar-refractivity contribution in [3.05, 3.63) is 12.2 Å². The number of hydrogen-bond donors (Lipinski definition) is 1. The largest absolute Gasteiger partial charge is 0.383 e. The Hall–Kier alpha value is -0.940. The second kappa shape index (κ2) is 6.60. The van der Waals surface area contributed by atoms with Crippen molar-refractivity contribution >= 4 is 5.91 Å². The van der Waals surface area contributed by atoms with E-state index in [-0.39, 0.29) is 11.9 Å². The first-order valence-electron chi connectivity index (χ1n) is 5.42. The number of amides is 1. The van der Waals surface area contributed by atoms with Gasteiger partial charge in [-0.05, 0) is 6.42 Å². The van der Waals surface area contributed by atoms with Crippen molar-refractivity contribution in [2.75, 3.05) is 33.9 Å². The number of nitrogens with one attached hydrogen (secondary N) is 1.